The molecule has 1 aliphatic rings. The summed E-state index contributed by atoms with van der Waals surface area (Å²) in [5, 5.41) is 2.61. The molecule has 0 spiro atoms. The molecule has 0 atom stereocenters. The minimum absolute atomic E-state index is 0.289. The summed E-state index contributed by atoms with van der Waals surface area (Å²) >= 11 is 0. The number of rotatable bonds is 2. The second-order valence-corrected chi connectivity index (χ2v) is 1.92. The van der Waals surface area contributed by atoms with E-state index in [1.807, 2.05) is 0 Å². The summed E-state index contributed by atoms with van der Waals surface area (Å²) in [6.07, 6.45) is 1.28. The van der Waals surface area contributed by atoms with E-state index in [4.69, 9.17) is 4.74 Å². The highest BCUT2D eigenvalue weighted by atomic mass is 16.5. The lowest BCUT2D eigenvalue weighted by molar-refractivity contribution is -0.138. The molecule has 60 valence electrons. The Kier molecular flexibility index (Phi) is 2.15. The van der Waals surface area contributed by atoms with E-state index in [2.05, 4.69) is 16.6 Å². The van der Waals surface area contributed by atoms with Gasteiger partial charge in [0.2, 0.25) is 0 Å². The van der Waals surface area contributed by atoms with Crippen molar-refractivity contribution in [1.29, 1.82) is 0 Å². The highest BCUT2D eigenvalue weighted by Crippen LogP contribution is 2.07. The van der Waals surface area contributed by atoms with Crippen LogP contribution in [-0.2, 0) is 14.3 Å². The molecule has 0 fully saturated rings. The molecule has 0 aromatic carbocycles. The molecule has 0 bridgehead atoms. The van der Waals surface area contributed by atoms with Crippen molar-refractivity contribution in [2.45, 2.75) is 6.92 Å². The number of ether oxygens (including phenoxy) is 2. The molecule has 0 radical (unpaired) electrons. The van der Waals surface area contributed by atoms with Crippen LogP contribution in [0.1, 0.15) is 6.92 Å². The van der Waals surface area contributed by atoms with E-state index in [1.165, 1.54) is 6.26 Å². The van der Waals surface area contributed by atoms with Gasteiger partial charge in [0.25, 0.3) is 0 Å². The number of nitrogens with one attached hydrogen (secondary N) is 1. The number of esters is 1. The molecule has 1 N–H and O–H groups in total. The number of carbonyl (C=O) groups excluding carboxylic acids is 1. The van der Waals surface area contributed by atoms with Gasteiger partial charge in [0.05, 0.1) is 6.61 Å². The normalized spacial score (nSPS) is 15.0. The van der Waals surface area contributed by atoms with Gasteiger partial charge in [-0.15, -0.1) is 0 Å². The Balaban J connectivity index is 2.49. The third-order valence-electron chi connectivity index (χ3n) is 1.09. The summed E-state index contributed by atoms with van der Waals surface area (Å²) < 4.78 is 9.45. The average molecular weight is 155 g/mol. The van der Waals surface area contributed by atoms with E-state index in [0.717, 1.165) is 0 Å². The number of carbonyl (C=O) groups is 1. The molecule has 4 nitrogen and oxygen atoms in total. The average Bonchev–Trinajstić information content (AvgIpc) is 2.36. The Morgan fingerprint density at radius 1 is 1.91 bits per heavy atom. The zero-order valence-corrected chi connectivity index (χ0v) is 6.22. The van der Waals surface area contributed by atoms with Gasteiger partial charge in [-0.1, -0.05) is 0 Å². The monoisotopic (exact) mass is 155 g/mol. The van der Waals surface area contributed by atoms with Crippen molar-refractivity contribution in [2.24, 2.45) is 0 Å². The number of hydrogen-bond acceptors (Lipinski definition) is 4. The van der Waals surface area contributed by atoms with Crippen LogP contribution in [0.2, 0.25) is 0 Å². The summed E-state index contributed by atoms with van der Waals surface area (Å²) in [6.45, 7) is 5.54. The topological polar surface area (TPSA) is 47.6 Å². The third-order valence-corrected chi connectivity index (χ3v) is 1.09. The number of hydrogen-bond donors (Lipinski definition) is 1. The van der Waals surface area contributed by atoms with Crippen LogP contribution in [0.4, 0.5) is 0 Å². The predicted octanol–water partition coefficient (Wildman–Crippen LogP) is 0.482. The van der Waals surface area contributed by atoms with Crippen LogP contribution in [0.3, 0.4) is 0 Å². The van der Waals surface area contributed by atoms with E-state index in [0.29, 0.717) is 12.5 Å². The van der Waals surface area contributed by atoms with Gasteiger partial charge in [-0.05, 0) is 13.5 Å². The van der Waals surface area contributed by atoms with E-state index < -0.39 is 5.97 Å². The molecule has 0 aliphatic carbocycles. The van der Waals surface area contributed by atoms with E-state index in [1.54, 1.807) is 6.92 Å². The van der Waals surface area contributed by atoms with Crippen molar-refractivity contribution < 1.29 is 14.3 Å². The minimum Gasteiger partial charge on any atom is -0.461 e. The summed E-state index contributed by atoms with van der Waals surface area (Å²) in [5.74, 6) is -0.0841. The maximum absolute atomic E-state index is 10.9. The van der Waals surface area contributed by atoms with Gasteiger partial charge in [-0.25, -0.2) is 4.79 Å². The van der Waals surface area contributed by atoms with E-state index in [-0.39, 0.29) is 5.70 Å². The first-order valence-corrected chi connectivity index (χ1v) is 3.24. The van der Waals surface area contributed by atoms with Crippen molar-refractivity contribution in [2.75, 3.05) is 6.61 Å². The lowest BCUT2D eigenvalue weighted by atomic mass is 10.5. The SMILES string of the molecule is C=C1NC(C(=O)OCC)=CO1. The molecule has 0 amide bonds. The molecule has 1 heterocycles. The fourth-order valence-corrected chi connectivity index (χ4v) is 0.647. The lowest BCUT2D eigenvalue weighted by Gasteiger charge is -2.00. The standard InChI is InChI=1S/C7H9NO3/c1-3-10-7(9)6-4-11-5(2)8-6/h4,8H,2-3H2,1H3. The van der Waals surface area contributed by atoms with Crippen LogP contribution in [0, 0.1) is 0 Å². The smallest absolute Gasteiger partial charge is 0.358 e. The summed E-state index contributed by atoms with van der Waals surface area (Å²) in [4.78, 5) is 10.9. The first-order chi connectivity index (χ1) is 5.24. The van der Waals surface area contributed by atoms with Crippen LogP contribution >= 0.6 is 0 Å². The van der Waals surface area contributed by atoms with E-state index >= 15 is 0 Å². The second-order valence-electron chi connectivity index (χ2n) is 1.92. The van der Waals surface area contributed by atoms with Crippen LogP contribution in [-0.4, -0.2) is 12.6 Å². The fourth-order valence-electron chi connectivity index (χ4n) is 0.647. The quantitative estimate of drug-likeness (QED) is 0.589. The zero-order chi connectivity index (χ0) is 8.27. The molecule has 0 aromatic heterocycles. The Morgan fingerprint density at radius 2 is 2.64 bits per heavy atom. The van der Waals surface area contributed by atoms with Gasteiger partial charge in [0, 0.05) is 0 Å². The first kappa shape index (κ1) is 7.65. The minimum atomic E-state index is -0.425. The lowest BCUT2D eigenvalue weighted by Crippen LogP contribution is -2.17. The van der Waals surface area contributed by atoms with Gasteiger partial charge in [0.1, 0.15) is 6.26 Å². The molecule has 1 aliphatic heterocycles. The summed E-state index contributed by atoms with van der Waals surface area (Å²) in [7, 11) is 0. The van der Waals surface area contributed by atoms with Crippen LogP contribution in [0.5, 0.6) is 0 Å². The Labute approximate surface area is 64.5 Å². The van der Waals surface area contributed by atoms with Crippen molar-refractivity contribution >= 4 is 5.97 Å². The van der Waals surface area contributed by atoms with Gasteiger partial charge in [-0.2, -0.15) is 0 Å². The summed E-state index contributed by atoms with van der Waals surface area (Å²) in [5.41, 5.74) is 0.289. The Bertz CT molecular complexity index is 220. The van der Waals surface area contributed by atoms with Crippen molar-refractivity contribution in [3.8, 4) is 0 Å². The maximum atomic E-state index is 10.9. The molecule has 4 heteroatoms. The third kappa shape index (κ3) is 1.73. The van der Waals surface area contributed by atoms with Gasteiger partial charge >= 0.3 is 5.97 Å². The highest BCUT2D eigenvalue weighted by molar-refractivity contribution is 5.88. The molecular weight excluding hydrogens is 146 g/mol. The molecule has 0 saturated heterocycles. The van der Waals surface area contributed by atoms with Crippen molar-refractivity contribution in [3.05, 3.63) is 24.4 Å². The van der Waals surface area contributed by atoms with Crippen LogP contribution in [0.15, 0.2) is 24.4 Å². The van der Waals surface area contributed by atoms with Crippen molar-refractivity contribution in [1.82, 2.24) is 5.32 Å². The predicted molar refractivity (Wildman–Crippen MR) is 38.1 cm³/mol. The molecule has 0 aromatic rings. The first-order valence-electron chi connectivity index (χ1n) is 3.24. The van der Waals surface area contributed by atoms with Crippen molar-refractivity contribution in [3.63, 3.8) is 0 Å². The molecular formula is C7H9NO3. The van der Waals surface area contributed by atoms with Gasteiger partial charge < -0.3 is 14.8 Å². The maximum Gasteiger partial charge on any atom is 0.358 e. The summed E-state index contributed by atoms with van der Waals surface area (Å²) in [6, 6.07) is 0. The molecule has 1 rings (SSSR count). The fraction of sp³-hybridized carbons (Fsp3) is 0.286. The van der Waals surface area contributed by atoms with E-state index in [9.17, 15) is 4.79 Å². The van der Waals surface area contributed by atoms with Gasteiger partial charge in [0.15, 0.2) is 11.6 Å². The molecule has 0 unspecified atom stereocenters. The van der Waals surface area contributed by atoms with Gasteiger partial charge in [-0.3, -0.25) is 0 Å². The Hall–Kier alpha value is -1.45. The highest BCUT2D eigenvalue weighted by Gasteiger charge is 2.16. The van der Waals surface area contributed by atoms with Crippen LogP contribution in [0.25, 0.3) is 0 Å². The molecule has 11 heavy (non-hydrogen) atoms. The zero-order valence-electron chi connectivity index (χ0n) is 6.22. The van der Waals surface area contributed by atoms with Crippen LogP contribution < -0.4 is 5.32 Å². The Morgan fingerprint density at radius 3 is 3.09 bits per heavy atom. The second kappa shape index (κ2) is 3.09. The largest absolute Gasteiger partial charge is 0.461 e. The molecule has 0 saturated carbocycles.